The molecule has 0 radical (unpaired) electrons. The minimum atomic E-state index is -0.954. The molecule has 0 saturated carbocycles. The summed E-state index contributed by atoms with van der Waals surface area (Å²) < 4.78 is 10.1. The second kappa shape index (κ2) is 7.61. The lowest BCUT2D eigenvalue weighted by atomic mass is 10.3. The van der Waals surface area contributed by atoms with E-state index in [1.807, 2.05) is 6.92 Å². The van der Waals surface area contributed by atoms with Gasteiger partial charge in [-0.3, -0.25) is 0 Å². The summed E-state index contributed by atoms with van der Waals surface area (Å²) in [5.41, 5.74) is 0.205. The highest BCUT2D eigenvalue weighted by Gasteiger charge is 1.98. The van der Waals surface area contributed by atoms with E-state index in [9.17, 15) is 4.79 Å². The Morgan fingerprint density at radius 1 is 1.46 bits per heavy atom. The maximum absolute atomic E-state index is 10.3. The quantitative estimate of drug-likeness (QED) is 0.373. The Bertz CT molecular complexity index is 174. The van der Waals surface area contributed by atoms with E-state index in [2.05, 4.69) is 0 Å². The monoisotopic (exact) mass is 188 g/mol. The molecule has 1 N–H and O–H groups in total. The molecule has 0 heterocycles. The molecule has 0 aliphatic heterocycles. The van der Waals surface area contributed by atoms with E-state index in [1.165, 1.54) is 13.2 Å². The first kappa shape index (κ1) is 12.0. The van der Waals surface area contributed by atoms with E-state index < -0.39 is 5.97 Å². The highest BCUT2D eigenvalue weighted by atomic mass is 16.5. The summed E-state index contributed by atoms with van der Waals surface area (Å²) in [6.45, 7) is 5.26. The second-order valence-electron chi connectivity index (χ2n) is 2.53. The largest absolute Gasteiger partial charge is 0.501 e. The van der Waals surface area contributed by atoms with Gasteiger partial charge < -0.3 is 14.6 Å². The molecule has 0 aliphatic rings. The fourth-order valence-corrected chi connectivity index (χ4v) is 0.623. The van der Waals surface area contributed by atoms with Crippen LogP contribution in [-0.4, -0.2) is 30.9 Å². The Labute approximate surface area is 78.2 Å². The topological polar surface area (TPSA) is 55.8 Å². The van der Waals surface area contributed by atoms with Gasteiger partial charge in [0.15, 0.2) is 0 Å². The van der Waals surface area contributed by atoms with Crippen molar-refractivity contribution < 1.29 is 19.4 Å². The van der Waals surface area contributed by atoms with Gasteiger partial charge in [0.25, 0.3) is 0 Å². The van der Waals surface area contributed by atoms with Crippen LogP contribution in [0.3, 0.4) is 0 Å². The zero-order chi connectivity index (χ0) is 10.1. The number of rotatable bonds is 7. The van der Waals surface area contributed by atoms with Crippen LogP contribution in [-0.2, 0) is 14.3 Å². The number of carbonyl (C=O) groups is 1. The number of carboxylic acid groups (broad SMARTS) is 1. The normalized spacial score (nSPS) is 11.4. The molecule has 4 heteroatoms. The molecule has 0 rings (SSSR count). The zero-order valence-electron chi connectivity index (χ0n) is 8.08. The predicted molar refractivity (Wildman–Crippen MR) is 48.5 cm³/mol. The molecule has 0 unspecified atom stereocenters. The first-order chi connectivity index (χ1) is 6.18. The van der Waals surface area contributed by atoms with E-state index in [4.69, 9.17) is 14.6 Å². The molecular weight excluding hydrogens is 172 g/mol. The maximum atomic E-state index is 10.3. The highest BCUT2D eigenvalue weighted by Crippen LogP contribution is 1.93. The van der Waals surface area contributed by atoms with Crippen LogP contribution in [0, 0.1) is 0 Å². The van der Waals surface area contributed by atoms with Gasteiger partial charge in [-0.05, 0) is 13.8 Å². The fraction of sp³-hybridized carbons (Fsp3) is 0.667. The molecule has 0 bridgehead atoms. The Balaban J connectivity index is 3.34. The van der Waals surface area contributed by atoms with Gasteiger partial charge in [-0.25, -0.2) is 4.79 Å². The van der Waals surface area contributed by atoms with Crippen molar-refractivity contribution in [2.75, 3.05) is 19.8 Å². The van der Waals surface area contributed by atoms with Crippen LogP contribution in [0.4, 0.5) is 0 Å². The number of hydrogen-bond donors (Lipinski definition) is 1. The van der Waals surface area contributed by atoms with Crippen LogP contribution in [0.1, 0.15) is 20.3 Å². The minimum absolute atomic E-state index is 0.205. The van der Waals surface area contributed by atoms with Gasteiger partial charge in [0, 0.05) is 19.6 Å². The molecule has 0 saturated heterocycles. The summed E-state index contributed by atoms with van der Waals surface area (Å²) in [7, 11) is 0. The van der Waals surface area contributed by atoms with E-state index in [0.717, 1.165) is 6.42 Å². The van der Waals surface area contributed by atoms with Gasteiger partial charge in [0.05, 0.1) is 18.4 Å². The number of carboxylic acids is 1. The summed E-state index contributed by atoms with van der Waals surface area (Å²) in [6.07, 6.45) is 2.03. The van der Waals surface area contributed by atoms with Crippen molar-refractivity contribution in [3.8, 4) is 0 Å². The lowest BCUT2D eigenvalue weighted by Gasteiger charge is -2.01. The SMILES string of the molecule is CCOCCCOC=C(C)C(=O)O. The van der Waals surface area contributed by atoms with Gasteiger partial charge in [-0.15, -0.1) is 0 Å². The third kappa shape index (κ3) is 7.33. The summed E-state index contributed by atoms with van der Waals surface area (Å²) in [5.74, 6) is -0.954. The smallest absolute Gasteiger partial charge is 0.334 e. The van der Waals surface area contributed by atoms with E-state index in [-0.39, 0.29) is 5.57 Å². The predicted octanol–water partition coefficient (Wildman–Crippen LogP) is 1.42. The molecule has 0 fully saturated rings. The number of hydrogen-bond acceptors (Lipinski definition) is 3. The van der Waals surface area contributed by atoms with Crippen molar-refractivity contribution in [1.29, 1.82) is 0 Å². The molecule has 0 aromatic carbocycles. The molecule has 13 heavy (non-hydrogen) atoms. The molecule has 4 nitrogen and oxygen atoms in total. The van der Waals surface area contributed by atoms with Crippen molar-refractivity contribution in [2.24, 2.45) is 0 Å². The Hall–Kier alpha value is -1.03. The van der Waals surface area contributed by atoms with Crippen LogP contribution in [0.5, 0.6) is 0 Å². The molecule has 0 amide bonds. The number of aliphatic carboxylic acids is 1. The Morgan fingerprint density at radius 3 is 2.69 bits per heavy atom. The summed E-state index contributed by atoms with van der Waals surface area (Å²) in [5, 5.41) is 8.45. The summed E-state index contributed by atoms with van der Waals surface area (Å²) >= 11 is 0. The lowest BCUT2D eigenvalue weighted by molar-refractivity contribution is -0.132. The second-order valence-corrected chi connectivity index (χ2v) is 2.53. The van der Waals surface area contributed by atoms with Crippen LogP contribution < -0.4 is 0 Å². The maximum Gasteiger partial charge on any atom is 0.334 e. The van der Waals surface area contributed by atoms with Crippen LogP contribution in [0.25, 0.3) is 0 Å². The minimum Gasteiger partial charge on any atom is -0.501 e. The van der Waals surface area contributed by atoms with Gasteiger partial charge in [0.2, 0.25) is 0 Å². The van der Waals surface area contributed by atoms with Gasteiger partial charge >= 0.3 is 5.97 Å². The van der Waals surface area contributed by atoms with E-state index in [0.29, 0.717) is 19.8 Å². The highest BCUT2D eigenvalue weighted by molar-refractivity contribution is 5.85. The van der Waals surface area contributed by atoms with Gasteiger partial charge in [0.1, 0.15) is 0 Å². The van der Waals surface area contributed by atoms with Crippen molar-refractivity contribution in [2.45, 2.75) is 20.3 Å². The van der Waals surface area contributed by atoms with Crippen molar-refractivity contribution in [1.82, 2.24) is 0 Å². The molecule has 0 atom stereocenters. The number of ether oxygens (including phenoxy) is 2. The van der Waals surface area contributed by atoms with E-state index >= 15 is 0 Å². The summed E-state index contributed by atoms with van der Waals surface area (Å²) in [6, 6.07) is 0. The molecule has 0 aliphatic carbocycles. The molecule has 76 valence electrons. The van der Waals surface area contributed by atoms with E-state index in [1.54, 1.807) is 0 Å². The lowest BCUT2D eigenvalue weighted by Crippen LogP contribution is -2.00. The van der Waals surface area contributed by atoms with Gasteiger partial charge in [-0.1, -0.05) is 0 Å². The van der Waals surface area contributed by atoms with Crippen molar-refractivity contribution in [3.05, 3.63) is 11.8 Å². The third-order valence-electron chi connectivity index (χ3n) is 1.35. The van der Waals surface area contributed by atoms with Crippen molar-refractivity contribution >= 4 is 5.97 Å². The van der Waals surface area contributed by atoms with Crippen LogP contribution >= 0.6 is 0 Å². The first-order valence-electron chi connectivity index (χ1n) is 4.28. The Morgan fingerprint density at radius 2 is 2.15 bits per heavy atom. The average Bonchev–Trinajstić information content (AvgIpc) is 2.10. The molecule has 0 aromatic rings. The average molecular weight is 188 g/mol. The molecule has 0 aromatic heterocycles. The zero-order valence-corrected chi connectivity index (χ0v) is 8.08. The van der Waals surface area contributed by atoms with Crippen LogP contribution in [0.2, 0.25) is 0 Å². The van der Waals surface area contributed by atoms with Crippen LogP contribution in [0.15, 0.2) is 11.8 Å². The molecular formula is C9H16O4. The Kier molecular flexibility index (Phi) is 7.01. The molecule has 0 spiro atoms. The first-order valence-corrected chi connectivity index (χ1v) is 4.28. The summed E-state index contributed by atoms with van der Waals surface area (Å²) in [4.78, 5) is 10.3. The third-order valence-corrected chi connectivity index (χ3v) is 1.35. The standard InChI is InChI=1S/C9H16O4/c1-3-12-5-4-6-13-7-8(2)9(10)11/h7H,3-6H2,1-2H3,(H,10,11). The van der Waals surface area contributed by atoms with Crippen molar-refractivity contribution in [3.63, 3.8) is 0 Å². The fourth-order valence-electron chi connectivity index (χ4n) is 0.623. The van der Waals surface area contributed by atoms with Gasteiger partial charge in [-0.2, -0.15) is 0 Å².